The van der Waals surface area contributed by atoms with Crippen LogP contribution in [0.5, 0.6) is 0 Å². The van der Waals surface area contributed by atoms with E-state index in [9.17, 15) is 9.59 Å². The fourth-order valence-corrected chi connectivity index (χ4v) is 2.97. The van der Waals surface area contributed by atoms with E-state index in [1.165, 1.54) is 4.90 Å². The summed E-state index contributed by atoms with van der Waals surface area (Å²) < 4.78 is 0.824. The van der Waals surface area contributed by atoms with Gasteiger partial charge < -0.3 is 10.2 Å². The number of likely N-dealkylation sites (N-methyl/N-ethyl adjacent to an activating group) is 1. The van der Waals surface area contributed by atoms with E-state index >= 15 is 0 Å². The number of nitrogens with zero attached hydrogens (tertiary/aromatic N) is 2. The molecule has 0 atom stereocenters. The summed E-state index contributed by atoms with van der Waals surface area (Å²) in [7, 11) is 1.68. The van der Waals surface area contributed by atoms with Crippen LogP contribution in [-0.4, -0.2) is 54.8 Å². The highest BCUT2D eigenvalue weighted by atomic mass is 79.9. The number of rotatable bonds is 5. The van der Waals surface area contributed by atoms with E-state index in [-0.39, 0.29) is 18.4 Å². The van der Waals surface area contributed by atoms with Crippen LogP contribution in [0.15, 0.2) is 28.7 Å². The molecule has 0 unspecified atom stereocenters. The van der Waals surface area contributed by atoms with Crippen molar-refractivity contribution >= 4 is 33.4 Å². The van der Waals surface area contributed by atoms with Gasteiger partial charge in [-0.05, 0) is 59.9 Å². The van der Waals surface area contributed by atoms with Gasteiger partial charge in [0.2, 0.25) is 11.8 Å². The van der Waals surface area contributed by atoms with Crippen molar-refractivity contribution < 1.29 is 9.59 Å². The third-order valence-electron chi connectivity index (χ3n) is 4.19. The van der Waals surface area contributed by atoms with Crippen molar-refractivity contribution in [1.29, 1.82) is 0 Å². The minimum absolute atomic E-state index is 0.0122. The van der Waals surface area contributed by atoms with Crippen LogP contribution in [0.1, 0.15) is 19.8 Å². The Morgan fingerprint density at radius 2 is 1.96 bits per heavy atom. The molecule has 1 aromatic carbocycles. The Morgan fingerprint density at radius 1 is 1.30 bits per heavy atom. The lowest BCUT2D eigenvalue weighted by molar-refractivity contribution is -0.134. The Balaban J connectivity index is 1.79. The number of para-hydroxylation sites is 1. The maximum atomic E-state index is 12.2. The smallest absolute Gasteiger partial charge is 0.244 e. The highest BCUT2D eigenvalue weighted by Crippen LogP contribution is 2.21. The Hall–Kier alpha value is -1.40. The third kappa shape index (κ3) is 5.62. The summed E-state index contributed by atoms with van der Waals surface area (Å²) >= 11 is 3.39. The number of carbonyl (C=O) groups is 2. The highest BCUT2D eigenvalue weighted by molar-refractivity contribution is 9.10. The molecule has 2 rings (SSSR count). The molecule has 1 aromatic rings. The number of anilines is 1. The van der Waals surface area contributed by atoms with E-state index in [1.54, 1.807) is 7.05 Å². The minimum atomic E-state index is -0.194. The van der Waals surface area contributed by atoms with E-state index < -0.39 is 0 Å². The lowest BCUT2D eigenvalue weighted by Gasteiger charge is -2.30. The van der Waals surface area contributed by atoms with Gasteiger partial charge in [-0.15, -0.1) is 0 Å². The Morgan fingerprint density at radius 3 is 2.61 bits per heavy atom. The zero-order chi connectivity index (χ0) is 16.8. The normalized spacial score (nSPS) is 16.1. The van der Waals surface area contributed by atoms with Gasteiger partial charge in [-0.2, -0.15) is 0 Å². The number of amides is 2. The van der Waals surface area contributed by atoms with Crippen LogP contribution in [0, 0.1) is 5.92 Å². The van der Waals surface area contributed by atoms with E-state index in [4.69, 9.17) is 0 Å². The maximum Gasteiger partial charge on any atom is 0.244 e. The molecule has 1 heterocycles. The number of nitrogens with one attached hydrogen (secondary N) is 1. The van der Waals surface area contributed by atoms with Gasteiger partial charge in [0.1, 0.15) is 0 Å². The van der Waals surface area contributed by atoms with Gasteiger partial charge in [-0.25, -0.2) is 0 Å². The molecule has 0 bridgehead atoms. The van der Waals surface area contributed by atoms with E-state index in [2.05, 4.69) is 33.1 Å². The molecule has 1 aliphatic rings. The molecule has 0 spiro atoms. The zero-order valence-electron chi connectivity index (χ0n) is 13.7. The lowest BCUT2D eigenvalue weighted by Crippen LogP contribution is -2.44. The second-order valence-corrected chi connectivity index (χ2v) is 7.09. The molecule has 0 saturated carbocycles. The molecular weight excluding hydrogens is 358 g/mol. The van der Waals surface area contributed by atoms with Gasteiger partial charge >= 0.3 is 0 Å². The van der Waals surface area contributed by atoms with Crippen LogP contribution < -0.4 is 5.32 Å². The summed E-state index contributed by atoms with van der Waals surface area (Å²) in [5.41, 5.74) is 0.711. The minimum Gasteiger partial charge on any atom is -0.335 e. The number of hydrogen-bond acceptors (Lipinski definition) is 3. The average Bonchev–Trinajstić information content (AvgIpc) is 2.51. The van der Waals surface area contributed by atoms with Crippen molar-refractivity contribution in [2.75, 3.05) is 38.5 Å². The molecular formula is C17H24BrN3O2. The van der Waals surface area contributed by atoms with Crippen molar-refractivity contribution in [2.24, 2.45) is 5.92 Å². The summed E-state index contributed by atoms with van der Waals surface area (Å²) in [6.07, 6.45) is 2.28. The van der Waals surface area contributed by atoms with Crippen LogP contribution in [0.4, 0.5) is 5.69 Å². The first-order valence-electron chi connectivity index (χ1n) is 7.96. The summed E-state index contributed by atoms with van der Waals surface area (Å²) in [5, 5.41) is 2.81. The van der Waals surface area contributed by atoms with E-state index in [0.29, 0.717) is 12.2 Å². The monoisotopic (exact) mass is 381 g/mol. The summed E-state index contributed by atoms with van der Waals surface area (Å²) in [5.74, 6) is 0.538. The standard InChI is InChI=1S/C17H24BrN3O2/c1-13-7-9-21(10-8-13)12-17(23)20(2)11-16(22)19-15-6-4-3-5-14(15)18/h3-6,13H,7-12H2,1-2H3,(H,19,22). The van der Waals surface area contributed by atoms with Crippen LogP contribution in [0.25, 0.3) is 0 Å². The van der Waals surface area contributed by atoms with Gasteiger partial charge in [-0.3, -0.25) is 14.5 Å². The number of halogens is 1. The van der Waals surface area contributed by atoms with Crippen molar-refractivity contribution in [3.8, 4) is 0 Å². The fraction of sp³-hybridized carbons (Fsp3) is 0.529. The van der Waals surface area contributed by atoms with Crippen molar-refractivity contribution in [3.05, 3.63) is 28.7 Å². The van der Waals surface area contributed by atoms with Gasteiger partial charge in [0.05, 0.1) is 18.8 Å². The van der Waals surface area contributed by atoms with Crippen LogP contribution in [-0.2, 0) is 9.59 Å². The fourth-order valence-electron chi connectivity index (χ4n) is 2.59. The second-order valence-electron chi connectivity index (χ2n) is 6.24. The van der Waals surface area contributed by atoms with Crippen molar-refractivity contribution in [2.45, 2.75) is 19.8 Å². The SMILES string of the molecule is CC1CCN(CC(=O)N(C)CC(=O)Nc2ccccc2Br)CC1. The Bertz CT molecular complexity index is 557. The molecule has 0 radical (unpaired) electrons. The lowest BCUT2D eigenvalue weighted by atomic mass is 9.99. The zero-order valence-corrected chi connectivity index (χ0v) is 15.3. The van der Waals surface area contributed by atoms with E-state index in [1.807, 2.05) is 24.3 Å². The quantitative estimate of drug-likeness (QED) is 0.852. The maximum absolute atomic E-state index is 12.2. The molecule has 1 aliphatic heterocycles. The predicted octanol–water partition coefficient (Wildman–Crippen LogP) is 2.58. The Labute approximate surface area is 146 Å². The third-order valence-corrected chi connectivity index (χ3v) is 4.88. The molecule has 5 nitrogen and oxygen atoms in total. The highest BCUT2D eigenvalue weighted by Gasteiger charge is 2.20. The summed E-state index contributed by atoms with van der Waals surface area (Å²) in [6.45, 7) is 4.63. The largest absolute Gasteiger partial charge is 0.335 e. The first-order chi connectivity index (χ1) is 11.0. The number of likely N-dealkylation sites (tertiary alicyclic amines) is 1. The molecule has 2 amide bonds. The number of carbonyl (C=O) groups excluding carboxylic acids is 2. The van der Waals surface area contributed by atoms with Crippen molar-refractivity contribution in [1.82, 2.24) is 9.80 Å². The predicted molar refractivity (Wildman–Crippen MR) is 95.2 cm³/mol. The van der Waals surface area contributed by atoms with Crippen molar-refractivity contribution in [3.63, 3.8) is 0 Å². The molecule has 1 saturated heterocycles. The molecule has 1 N–H and O–H groups in total. The summed E-state index contributed by atoms with van der Waals surface area (Å²) in [4.78, 5) is 28.0. The van der Waals surface area contributed by atoms with Crippen LogP contribution >= 0.6 is 15.9 Å². The number of benzene rings is 1. The topological polar surface area (TPSA) is 52.7 Å². The van der Waals surface area contributed by atoms with Crippen LogP contribution in [0.2, 0.25) is 0 Å². The van der Waals surface area contributed by atoms with Crippen LogP contribution in [0.3, 0.4) is 0 Å². The van der Waals surface area contributed by atoms with Gasteiger partial charge in [0, 0.05) is 11.5 Å². The molecule has 0 aliphatic carbocycles. The number of hydrogen-bond donors (Lipinski definition) is 1. The molecule has 0 aromatic heterocycles. The molecule has 6 heteroatoms. The Kier molecular flexibility index (Phi) is 6.59. The van der Waals surface area contributed by atoms with E-state index in [0.717, 1.165) is 36.3 Å². The number of piperidine rings is 1. The molecule has 23 heavy (non-hydrogen) atoms. The molecule has 1 fully saturated rings. The average molecular weight is 382 g/mol. The van der Waals surface area contributed by atoms with Gasteiger partial charge in [0.25, 0.3) is 0 Å². The first kappa shape index (κ1) is 17.9. The first-order valence-corrected chi connectivity index (χ1v) is 8.75. The van der Waals surface area contributed by atoms with Gasteiger partial charge in [-0.1, -0.05) is 19.1 Å². The molecule has 126 valence electrons. The van der Waals surface area contributed by atoms with Gasteiger partial charge in [0.15, 0.2) is 0 Å². The second kappa shape index (κ2) is 8.45. The summed E-state index contributed by atoms with van der Waals surface area (Å²) in [6, 6.07) is 7.42.